The van der Waals surface area contributed by atoms with Gasteiger partial charge in [-0.3, -0.25) is 5.10 Å². The Bertz CT molecular complexity index is 607. The topological polar surface area (TPSA) is 28.7 Å². The molecule has 2 nitrogen and oxygen atoms in total. The Morgan fingerprint density at radius 1 is 1.39 bits per heavy atom. The fourth-order valence-corrected chi connectivity index (χ4v) is 3.31. The highest BCUT2D eigenvalue weighted by atomic mass is 35.5. The number of H-pyrrole nitrogens is 1. The molecule has 1 saturated carbocycles. The normalized spacial score (nSPS) is 23.6. The van der Waals surface area contributed by atoms with Gasteiger partial charge in [0.15, 0.2) is 0 Å². The van der Waals surface area contributed by atoms with Crippen LogP contribution in [-0.4, -0.2) is 10.2 Å². The van der Waals surface area contributed by atoms with Gasteiger partial charge in [0.1, 0.15) is 0 Å². The van der Waals surface area contributed by atoms with Crippen LogP contribution in [-0.2, 0) is 5.41 Å². The van der Waals surface area contributed by atoms with Gasteiger partial charge in [-0.05, 0) is 40.9 Å². The summed E-state index contributed by atoms with van der Waals surface area (Å²) in [5.74, 6) is 1.39. The Kier molecular flexibility index (Phi) is 2.50. The molecule has 3 rings (SSSR count). The second-order valence-electron chi connectivity index (χ2n) is 6.55. The number of halogens is 1. The zero-order valence-electron chi connectivity index (χ0n) is 11.3. The average Bonchev–Trinajstić information content (AvgIpc) is 2.78. The van der Waals surface area contributed by atoms with Crippen molar-refractivity contribution in [2.75, 3.05) is 0 Å². The van der Waals surface area contributed by atoms with Crippen LogP contribution in [0, 0.1) is 5.92 Å². The monoisotopic (exact) mass is 262 g/mol. The molecule has 3 heteroatoms. The van der Waals surface area contributed by atoms with Crippen molar-refractivity contribution >= 4 is 22.5 Å². The summed E-state index contributed by atoms with van der Waals surface area (Å²) in [7, 11) is 0. The van der Waals surface area contributed by atoms with E-state index in [4.69, 9.17) is 11.6 Å². The Morgan fingerprint density at radius 2 is 2.06 bits per heavy atom. The highest BCUT2D eigenvalue weighted by Gasteiger charge is 2.39. The second-order valence-corrected chi connectivity index (χ2v) is 6.95. The molecule has 0 unspecified atom stereocenters. The average molecular weight is 263 g/mol. The van der Waals surface area contributed by atoms with Crippen molar-refractivity contribution in [2.24, 2.45) is 5.92 Å². The Labute approximate surface area is 113 Å². The van der Waals surface area contributed by atoms with E-state index in [-0.39, 0.29) is 5.41 Å². The highest BCUT2D eigenvalue weighted by Crippen LogP contribution is 2.53. The van der Waals surface area contributed by atoms with E-state index >= 15 is 0 Å². The van der Waals surface area contributed by atoms with Gasteiger partial charge < -0.3 is 0 Å². The summed E-state index contributed by atoms with van der Waals surface area (Å²) >= 11 is 6.52. The van der Waals surface area contributed by atoms with Gasteiger partial charge in [0.25, 0.3) is 0 Å². The SMILES string of the molecule is C[C@@H]1C[C@@H]1c1c(Cl)cc2[nH]ncc2c1C(C)(C)C. The molecule has 1 N–H and O–H groups in total. The van der Waals surface area contributed by atoms with Crippen molar-refractivity contribution in [1.29, 1.82) is 0 Å². The van der Waals surface area contributed by atoms with Crippen LogP contribution in [0.3, 0.4) is 0 Å². The smallest absolute Gasteiger partial charge is 0.0668 e. The molecule has 18 heavy (non-hydrogen) atoms. The van der Waals surface area contributed by atoms with Gasteiger partial charge in [0.2, 0.25) is 0 Å². The van der Waals surface area contributed by atoms with Crippen molar-refractivity contribution in [3.63, 3.8) is 0 Å². The molecule has 1 aliphatic carbocycles. The van der Waals surface area contributed by atoms with Crippen LogP contribution in [0.2, 0.25) is 5.02 Å². The van der Waals surface area contributed by atoms with Crippen molar-refractivity contribution in [2.45, 2.75) is 45.4 Å². The Balaban J connectivity index is 2.35. The first-order chi connectivity index (χ1) is 8.39. The predicted molar refractivity (Wildman–Crippen MR) is 76.3 cm³/mol. The van der Waals surface area contributed by atoms with Crippen molar-refractivity contribution < 1.29 is 0 Å². The fraction of sp³-hybridized carbons (Fsp3) is 0.533. The first-order valence-electron chi connectivity index (χ1n) is 6.55. The van der Waals surface area contributed by atoms with Gasteiger partial charge in [-0.15, -0.1) is 0 Å². The van der Waals surface area contributed by atoms with Crippen molar-refractivity contribution in [1.82, 2.24) is 10.2 Å². The molecular formula is C15H19ClN2. The summed E-state index contributed by atoms with van der Waals surface area (Å²) in [4.78, 5) is 0. The molecule has 1 aliphatic rings. The first kappa shape index (κ1) is 12.0. The third-order valence-corrected chi connectivity index (χ3v) is 4.28. The fourth-order valence-electron chi connectivity index (χ4n) is 2.97. The van der Waals surface area contributed by atoms with Crippen LogP contribution >= 0.6 is 11.6 Å². The second kappa shape index (κ2) is 3.74. The van der Waals surface area contributed by atoms with E-state index in [2.05, 4.69) is 37.9 Å². The number of aromatic amines is 1. The van der Waals surface area contributed by atoms with Crippen LogP contribution in [0.1, 0.15) is 51.2 Å². The molecule has 1 fully saturated rings. The lowest BCUT2D eigenvalue weighted by molar-refractivity contribution is 0.587. The van der Waals surface area contributed by atoms with Crippen LogP contribution in [0.4, 0.5) is 0 Å². The first-order valence-corrected chi connectivity index (χ1v) is 6.93. The van der Waals surface area contributed by atoms with E-state index in [1.54, 1.807) is 0 Å². The molecule has 2 aromatic rings. The zero-order chi connectivity index (χ0) is 13.1. The summed E-state index contributed by atoms with van der Waals surface area (Å²) in [6.45, 7) is 9.05. The Hall–Kier alpha value is -1.02. The van der Waals surface area contributed by atoms with Gasteiger partial charge in [0, 0.05) is 10.4 Å². The number of hydrogen-bond acceptors (Lipinski definition) is 1. The Morgan fingerprint density at radius 3 is 2.61 bits per heavy atom. The van der Waals surface area contributed by atoms with Gasteiger partial charge >= 0.3 is 0 Å². The molecule has 0 spiro atoms. The number of nitrogens with one attached hydrogen (secondary N) is 1. The van der Waals surface area contributed by atoms with Crippen LogP contribution in [0.15, 0.2) is 12.3 Å². The largest absolute Gasteiger partial charge is 0.278 e. The van der Waals surface area contributed by atoms with E-state index in [9.17, 15) is 0 Å². The molecule has 0 saturated heterocycles. The minimum Gasteiger partial charge on any atom is -0.278 e. The molecule has 0 amide bonds. The maximum atomic E-state index is 6.52. The molecule has 1 aromatic heterocycles. The van der Waals surface area contributed by atoms with E-state index in [1.165, 1.54) is 22.9 Å². The number of fused-ring (bicyclic) bond motifs is 1. The van der Waals surface area contributed by atoms with Gasteiger partial charge in [0.05, 0.1) is 11.7 Å². The van der Waals surface area contributed by atoms with Gasteiger partial charge in [-0.25, -0.2) is 0 Å². The molecule has 1 heterocycles. The van der Waals surface area contributed by atoms with E-state index in [1.807, 2.05) is 12.3 Å². The van der Waals surface area contributed by atoms with E-state index < -0.39 is 0 Å². The molecule has 0 bridgehead atoms. The number of benzene rings is 1. The van der Waals surface area contributed by atoms with E-state index in [0.717, 1.165) is 16.5 Å². The zero-order valence-corrected chi connectivity index (χ0v) is 12.1. The lowest BCUT2D eigenvalue weighted by Crippen LogP contribution is -2.15. The quantitative estimate of drug-likeness (QED) is 0.797. The molecule has 0 aliphatic heterocycles. The van der Waals surface area contributed by atoms with E-state index in [0.29, 0.717) is 5.92 Å². The lowest BCUT2D eigenvalue weighted by atomic mass is 9.80. The number of aromatic nitrogens is 2. The summed E-state index contributed by atoms with van der Waals surface area (Å²) in [5.41, 5.74) is 3.85. The summed E-state index contributed by atoms with van der Waals surface area (Å²) in [5, 5.41) is 9.33. The minimum absolute atomic E-state index is 0.0880. The maximum Gasteiger partial charge on any atom is 0.0668 e. The van der Waals surface area contributed by atoms with Crippen LogP contribution in [0.5, 0.6) is 0 Å². The molecule has 2 atom stereocenters. The van der Waals surface area contributed by atoms with Crippen LogP contribution < -0.4 is 0 Å². The number of rotatable bonds is 1. The molecular weight excluding hydrogens is 244 g/mol. The number of hydrogen-bond donors (Lipinski definition) is 1. The summed E-state index contributed by atoms with van der Waals surface area (Å²) in [6, 6.07) is 2.03. The third-order valence-electron chi connectivity index (χ3n) is 3.97. The van der Waals surface area contributed by atoms with Crippen molar-refractivity contribution in [3.8, 4) is 0 Å². The molecule has 96 valence electrons. The lowest BCUT2D eigenvalue weighted by Gasteiger charge is -2.25. The predicted octanol–water partition coefficient (Wildman–Crippen LogP) is 4.64. The minimum atomic E-state index is 0.0880. The van der Waals surface area contributed by atoms with Gasteiger partial charge in [-0.1, -0.05) is 39.3 Å². The third kappa shape index (κ3) is 1.74. The van der Waals surface area contributed by atoms with Crippen molar-refractivity contribution in [3.05, 3.63) is 28.4 Å². The standard InChI is InChI=1S/C15H19ClN2/c1-8-5-9(8)13-11(16)6-12-10(7-17-18-12)14(13)15(2,3)4/h6-9H,5H2,1-4H3,(H,17,18)/t8-,9+/m1/s1. The highest BCUT2D eigenvalue weighted by molar-refractivity contribution is 6.32. The number of nitrogens with zero attached hydrogens (tertiary/aromatic N) is 1. The summed E-state index contributed by atoms with van der Waals surface area (Å²) < 4.78 is 0. The maximum absolute atomic E-state index is 6.52. The summed E-state index contributed by atoms with van der Waals surface area (Å²) in [6.07, 6.45) is 3.19. The van der Waals surface area contributed by atoms with Gasteiger partial charge in [-0.2, -0.15) is 5.10 Å². The molecule has 1 aromatic carbocycles. The van der Waals surface area contributed by atoms with Crippen LogP contribution in [0.25, 0.3) is 10.9 Å². The molecule has 0 radical (unpaired) electrons.